The molecule has 1 saturated carbocycles. The normalized spacial score (nSPS) is 18.2. The van der Waals surface area contributed by atoms with E-state index in [1.54, 1.807) is 0 Å². The molecule has 0 amide bonds. The van der Waals surface area contributed by atoms with Crippen LogP contribution in [0.3, 0.4) is 0 Å². The molecule has 0 bridgehead atoms. The van der Waals surface area contributed by atoms with Crippen LogP contribution in [0.5, 0.6) is 0 Å². The standard InChI is InChI=1S/C9H18.C4H10/c1-2-6-9-7-4-3-5-8-9;1-4(2)3/h9H,2-8H2,1H3;4H,1-3H3. The van der Waals surface area contributed by atoms with Gasteiger partial charge in [0.05, 0.1) is 0 Å². The van der Waals surface area contributed by atoms with Crippen LogP contribution in [0.2, 0.25) is 0 Å². The maximum absolute atomic E-state index is 2.30. The maximum atomic E-state index is 2.30. The Morgan fingerprint density at radius 3 is 1.85 bits per heavy atom. The van der Waals surface area contributed by atoms with Crippen LogP contribution in [0.15, 0.2) is 0 Å². The van der Waals surface area contributed by atoms with Crippen LogP contribution in [0.4, 0.5) is 0 Å². The number of hydrogen-bond donors (Lipinski definition) is 0. The first-order chi connectivity index (χ1) is 6.16. The van der Waals surface area contributed by atoms with E-state index in [1.807, 2.05) is 0 Å². The molecule has 1 rings (SSSR count). The van der Waals surface area contributed by atoms with E-state index in [-0.39, 0.29) is 0 Å². The second kappa shape index (κ2) is 8.59. The summed E-state index contributed by atoms with van der Waals surface area (Å²) >= 11 is 0. The average molecular weight is 184 g/mol. The Bertz CT molecular complexity index is 82.7. The van der Waals surface area contributed by atoms with Crippen molar-refractivity contribution < 1.29 is 0 Å². The van der Waals surface area contributed by atoms with Crippen molar-refractivity contribution in [2.24, 2.45) is 11.8 Å². The summed E-state index contributed by atoms with van der Waals surface area (Å²) in [5.74, 6) is 1.93. The molecule has 0 radical (unpaired) electrons. The van der Waals surface area contributed by atoms with Crippen molar-refractivity contribution in [2.75, 3.05) is 0 Å². The summed E-state index contributed by atoms with van der Waals surface area (Å²) in [7, 11) is 0. The molecular weight excluding hydrogens is 156 g/mol. The van der Waals surface area contributed by atoms with E-state index in [0.29, 0.717) is 0 Å². The summed E-state index contributed by atoms with van der Waals surface area (Å²) in [6.07, 6.45) is 10.4. The van der Waals surface area contributed by atoms with E-state index in [1.165, 1.54) is 44.9 Å². The summed E-state index contributed by atoms with van der Waals surface area (Å²) in [6, 6.07) is 0. The molecular formula is C13H28. The average Bonchev–Trinajstić information content (AvgIpc) is 2.06. The summed E-state index contributed by atoms with van der Waals surface area (Å²) in [6.45, 7) is 8.80. The molecule has 13 heavy (non-hydrogen) atoms. The largest absolute Gasteiger partial charge is 0.0654 e. The minimum atomic E-state index is 0.833. The molecule has 0 aromatic rings. The highest BCUT2D eigenvalue weighted by Crippen LogP contribution is 2.26. The van der Waals surface area contributed by atoms with E-state index >= 15 is 0 Å². The molecule has 0 saturated heterocycles. The Kier molecular flexibility index (Phi) is 8.59. The lowest BCUT2D eigenvalue weighted by Crippen LogP contribution is -2.04. The molecule has 0 atom stereocenters. The molecule has 1 aliphatic carbocycles. The van der Waals surface area contributed by atoms with Gasteiger partial charge in [0.2, 0.25) is 0 Å². The third-order valence-electron chi connectivity index (χ3n) is 2.42. The molecule has 0 nitrogen and oxygen atoms in total. The van der Waals surface area contributed by atoms with Crippen molar-refractivity contribution in [3.63, 3.8) is 0 Å². The van der Waals surface area contributed by atoms with Crippen molar-refractivity contribution in [3.8, 4) is 0 Å². The number of rotatable bonds is 2. The van der Waals surface area contributed by atoms with E-state index in [2.05, 4.69) is 27.7 Å². The van der Waals surface area contributed by atoms with Gasteiger partial charge in [-0.3, -0.25) is 0 Å². The Labute approximate surface area is 85.1 Å². The highest BCUT2D eigenvalue weighted by molar-refractivity contribution is 4.64. The molecule has 1 aliphatic rings. The molecule has 0 aliphatic heterocycles. The Hall–Kier alpha value is 0. The topological polar surface area (TPSA) is 0 Å². The van der Waals surface area contributed by atoms with Crippen molar-refractivity contribution in [1.29, 1.82) is 0 Å². The van der Waals surface area contributed by atoms with Crippen LogP contribution in [0.1, 0.15) is 72.6 Å². The predicted octanol–water partition coefficient (Wildman–Crippen LogP) is 5.03. The van der Waals surface area contributed by atoms with Gasteiger partial charge in [-0.15, -0.1) is 0 Å². The van der Waals surface area contributed by atoms with Crippen LogP contribution in [0, 0.1) is 11.8 Å². The molecule has 0 heterocycles. The molecule has 0 unspecified atom stereocenters. The first-order valence-electron chi connectivity index (χ1n) is 6.16. The van der Waals surface area contributed by atoms with Gasteiger partial charge in [-0.1, -0.05) is 72.6 Å². The van der Waals surface area contributed by atoms with Gasteiger partial charge < -0.3 is 0 Å². The Morgan fingerprint density at radius 1 is 1.00 bits per heavy atom. The highest BCUT2D eigenvalue weighted by atomic mass is 14.2. The lowest BCUT2D eigenvalue weighted by Gasteiger charge is -2.20. The smallest absolute Gasteiger partial charge is 0.0414 e. The van der Waals surface area contributed by atoms with Crippen molar-refractivity contribution in [2.45, 2.75) is 72.6 Å². The van der Waals surface area contributed by atoms with Crippen LogP contribution < -0.4 is 0 Å². The lowest BCUT2D eigenvalue weighted by molar-refractivity contribution is 0.336. The lowest BCUT2D eigenvalue weighted by atomic mass is 9.86. The van der Waals surface area contributed by atoms with Gasteiger partial charge in [0, 0.05) is 0 Å². The third kappa shape index (κ3) is 9.92. The van der Waals surface area contributed by atoms with Gasteiger partial charge in [0.15, 0.2) is 0 Å². The van der Waals surface area contributed by atoms with Crippen LogP contribution in [0.25, 0.3) is 0 Å². The van der Waals surface area contributed by atoms with Gasteiger partial charge >= 0.3 is 0 Å². The fourth-order valence-electron chi connectivity index (χ4n) is 1.88. The summed E-state index contributed by atoms with van der Waals surface area (Å²) in [5, 5.41) is 0. The van der Waals surface area contributed by atoms with E-state index < -0.39 is 0 Å². The zero-order chi connectivity index (χ0) is 10.1. The third-order valence-corrected chi connectivity index (χ3v) is 2.42. The molecule has 1 fully saturated rings. The minimum Gasteiger partial charge on any atom is -0.0654 e. The van der Waals surface area contributed by atoms with Crippen molar-refractivity contribution >= 4 is 0 Å². The van der Waals surface area contributed by atoms with Gasteiger partial charge in [-0.05, 0) is 11.8 Å². The SMILES string of the molecule is CC(C)C.CCCC1CCCCC1. The van der Waals surface area contributed by atoms with Crippen molar-refractivity contribution in [1.82, 2.24) is 0 Å². The van der Waals surface area contributed by atoms with E-state index in [0.717, 1.165) is 11.8 Å². The molecule has 0 heteroatoms. The van der Waals surface area contributed by atoms with E-state index in [9.17, 15) is 0 Å². The second-order valence-electron chi connectivity index (χ2n) is 5.02. The summed E-state index contributed by atoms with van der Waals surface area (Å²) in [5.41, 5.74) is 0. The Morgan fingerprint density at radius 2 is 1.46 bits per heavy atom. The van der Waals surface area contributed by atoms with Gasteiger partial charge in [0.1, 0.15) is 0 Å². The fraction of sp³-hybridized carbons (Fsp3) is 1.00. The van der Waals surface area contributed by atoms with Crippen LogP contribution >= 0.6 is 0 Å². The van der Waals surface area contributed by atoms with E-state index in [4.69, 9.17) is 0 Å². The minimum absolute atomic E-state index is 0.833. The zero-order valence-corrected chi connectivity index (χ0v) is 10.1. The number of hydrogen-bond acceptors (Lipinski definition) is 0. The maximum Gasteiger partial charge on any atom is -0.0414 e. The molecule has 0 aromatic heterocycles. The second-order valence-corrected chi connectivity index (χ2v) is 5.02. The highest BCUT2D eigenvalue weighted by Gasteiger charge is 2.10. The van der Waals surface area contributed by atoms with Gasteiger partial charge in [-0.2, -0.15) is 0 Å². The molecule has 0 spiro atoms. The molecule has 0 N–H and O–H groups in total. The molecule has 80 valence electrons. The first kappa shape index (κ1) is 13.0. The predicted molar refractivity (Wildman–Crippen MR) is 62.0 cm³/mol. The quantitative estimate of drug-likeness (QED) is 0.564. The van der Waals surface area contributed by atoms with Gasteiger partial charge in [0.25, 0.3) is 0 Å². The van der Waals surface area contributed by atoms with Crippen LogP contribution in [-0.2, 0) is 0 Å². The van der Waals surface area contributed by atoms with Gasteiger partial charge in [-0.25, -0.2) is 0 Å². The monoisotopic (exact) mass is 184 g/mol. The zero-order valence-electron chi connectivity index (χ0n) is 10.1. The Balaban J connectivity index is 0.000000310. The first-order valence-corrected chi connectivity index (χ1v) is 6.16. The van der Waals surface area contributed by atoms with Crippen LogP contribution in [-0.4, -0.2) is 0 Å². The fourth-order valence-corrected chi connectivity index (χ4v) is 1.88. The van der Waals surface area contributed by atoms with Crippen molar-refractivity contribution in [3.05, 3.63) is 0 Å². The summed E-state index contributed by atoms with van der Waals surface area (Å²) in [4.78, 5) is 0. The molecule has 0 aromatic carbocycles. The summed E-state index contributed by atoms with van der Waals surface area (Å²) < 4.78 is 0.